The number of unbranched alkanes of at least 4 members (excludes halogenated alkanes) is 30. The van der Waals surface area contributed by atoms with E-state index in [0.29, 0.717) is 19.3 Å². The molecule has 0 rings (SSSR count). The first-order valence-electron chi connectivity index (χ1n) is 25.6. The van der Waals surface area contributed by atoms with Crippen molar-refractivity contribution in [1.29, 1.82) is 0 Å². The summed E-state index contributed by atoms with van der Waals surface area (Å²) >= 11 is 0. The summed E-state index contributed by atoms with van der Waals surface area (Å²) in [6, 6.07) is -0.702. The minimum atomic E-state index is -0.788. The van der Waals surface area contributed by atoms with Crippen molar-refractivity contribution in [3.05, 3.63) is 24.3 Å². The van der Waals surface area contributed by atoms with Crippen LogP contribution in [0.2, 0.25) is 0 Å². The van der Waals surface area contributed by atoms with Gasteiger partial charge in [-0.3, -0.25) is 9.59 Å². The Labute approximate surface area is 361 Å². The number of nitrogens with one attached hydrogen (secondary N) is 1. The van der Waals surface area contributed by atoms with Crippen LogP contribution in [0.25, 0.3) is 0 Å². The molecule has 58 heavy (non-hydrogen) atoms. The third-order valence-corrected chi connectivity index (χ3v) is 11.8. The molecular formula is C52H99NO5. The number of carbonyl (C=O) groups is 2. The molecule has 3 unspecified atom stereocenters. The van der Waals surface area contributed by atoms with Gasteiger partial charge in [0, 0.05) is 6.42 Å². The maximum Gasteiger partial charge on any atom is 0.306 e. The number of carbonyl (C=O) groups excluding carboxylic acids is 2. The Bertz CT molecular complexity index is 919. The van der Waals surface area contributed by atoms with Crippen molar-refractivity contribution < 1.29 is 24.5 Å². The van der Waals surface area contributed by atoms with Gasteiger partial charge in [-0.2, -0.15) is 0 Å². The lowest BCUT2D eigenvalue weighted by Crippen LogP contribution is -2.46. The van der Waals surface area contributed by atoms with Gasteiger partial charge >= 0.3 is 5.97 Å². The van der Waals surface area contributed by atoms with Crippen LogP contribution in [-0.2, 0) is 14.3 Å². The molecular weight excluding hydrogens is 719 g/mol. The van der Waals surface area contributed by atoms with E-state index in [1.165, 1.54) is 154 Å². The highest BCUT2D eigenvalue weighted by atomic mass is 16.5. The average molecular weight is 818 g/mol. The third-order valence-electron chi connectivity index (χ3n) is 11.8. The van der Waals surface area contributed by atoms with Crippen LogP contribution in [0, 0.1) is 0 Å². The van der Waals surface area contributed by atoms with Crippen molar-refractivity contribution in [2.45, 2.75) is 289 Å². The number of rotatable bonds is 46. The summed E-state index contributed by atoms with van der Waals surface area (Å²) in [4.78, 5) is 26.1. The second-order valence-electron chi connectivity index (χ2n) is 17.6. The van der Waals surface area contributed by atoms with Crippen LogP contribution >= 0.6 is 0 Å². The molecule has 0 saturated carbocycles. The van der Waals surface area contributed by atoms with Crippen molar-refractivity contribution in [1.82, 2.24) is 5.32 Å². The summed E-state index contributed by atoms with van der Waals surface area (Å²) in [6.45, 7) is 6.47. The molecule has 0 aromatic heterocycles. The van der Waals surface area contributed by atoms with E-state index in [1.54, 1.807) is 0 Å². The van der Waals surface area contributed by atoms with Gasteiger partial charge < -0.3 is 20.3 Å². The van der Waals surface area contributed by atoms with Crippen LogP contribution < -0.4 is 5.32 Å². The summed E-state index contributed by atoms with van der Waals surface area (Å²) < 4.78 is 5.92. The van der Waals surface area contributed by atoms with Crippen LogP contribution in [0.15, 0.2) is 24.3 Å². The molecule has 0 aliphatic heterocycles. The highest BCUT2D eigenvalue weighted by molar-refractivity contribution is 5.77. The van der Waals surface area contributed by atoms with Gasteiger partial charge in [-0.25, -0.2) is 0 Å². The monoisotopic (exact) mass is 818 g/mol. The molecule has 0 aliphatic rings. The molecule has 3 N–H and O–H groups in total. The quantitative estimate of drug-likeness (QED) is 0.0323. The van der Waals surface area contributed by atoms with Crippen LogP contribution in [0.1, 0.15) is 271 Å². The fourth-order valence-corrected chi connectivity index (χ4v) is 7.83. The third kappa shape index (κ3) is 41.1. The molecule has 0 fully saturated rings. The van der Waals surface area contributed by atoms with Crippen molar-refractivity contribution in [2.75, 3.05) is 6.61 Å². The van der Waals surface area contributed by atoms with Gasteiger partial charge in [0.25, 0.3) is 0 Å². The van der Waals surface area contributed by atoms with Crippen LogP contribution in [-0.4, -0.2) is 46.9 Å². The van der Waals surface area contributed by atoms with Crippen molar-refractivity contribution in [3.8, 4) is 0 Å². The number of aliphatic hydroxyl groups excluding tert-OH is 2. The van der Waals surface area contributed by atoms with E-state index >= 15 is 0 Å². The molecule has 6 nitrogen and oxygen atoms in total. The number of amides is 1. The van der Waals surface area contributed by atoms with E-state index in [9.17, 15) is 19.8 Å². The van der Waals surface area contributed by atoms with Crippen LogP contribution in [0.3, 0.4) is 0 Å². The number of hydrogen-bond acceptors (Lipinski definition) is 5. The SMILES string of the molecule is CCCCCCCC/C=C\CCCCCC(=O)OC(CCCCCCC/C=C/CCCCCCCC)CC(=O)NC(CO)C(O)CCCCCCCCCCCCC. The first kappa shape index (κ1) is 56.3. The Morgan fingerprint density at radius 3 is 1.22 bits per heavy atom. The van der Waals surface area contributed by atoms with Crippen molar-refractivity contribution in [2.24, 2.45) is 0 Å². The molecule has 0 radical (unpaired) electrons. The maximum atomic E-state index is 13.2. The number of ether oxygens (including phenoxy) is 1. The Balaban J connectivity index is 4.61. The zero-order valence-electron chi connectivity index (χ0n) is 38.9. The summed E-state index contributed by atoms with van der Waals surface area (Å²) in [7, 11) is 0. The Morgan fingerprint density at radius 1 is 0.483 bits per heavy atom. The van der Waals surface area contributed by atoms with Gasteiger partial charge in [-0.1, -0.05) is 206 Å². The number of hydrogen-bond donors (Lipinski definition) is 3. The van der Waals surface area contributed by atoms with Gasteiger partial charge in [0.15, 0.2) is 0 Å². The van der Waals surface area contributed by atoms with E-state index in [-0.39, 0.29) is 24.9 Å². The van der Waals surface area contributed by atoms with Crippen LogP contribution in [0.5, 0.6) is 0 Å². The lowest BCUT2D eigenvalue weighted by atomic mass is 10.0. The molecule has 0 aliphatic carbocycles. The molecule has 0 heterocycles. The predicted molar refractivity (Wildman–Crippen MR) is 250 cm³/mol. The van der Waals surface area contributed by atoms with E-state index in [2.05, 4.69) is 50.4 Å². The smallest absolute Gasteiger partial charge is 0.306 e. The number of esters is 1. The minimum Gasteiger partial charge on any atom is -0.462 e. The predicted octanol–water partition coefficient (Wildman–Crippen LogP) is 15.1. The Kier molecular flexibility index (Phi) is 45.1. The largest absolute Gasteiger partial charge is 0.462 e. The van der Waals surface area contributed by atoms with Crippen LogP contribution in [0.4, 0.5) is 0 Å². The van der Waals surface area contributed by atoms with Gasteiger partial charge in [0.1, 0.15) is 6.10 Å². The van der Waals surface area contributed by atoms with E-state index in [1.807, 2.05) is 0 Å². The molecule has 0 saturated heterocycles. The summed E-state index contributed by atoms with van der Waals surface area (Å²) in [5.41, 5.74) is 0. The first-order valence-corrected chi connectivity index (χ1v) is 25.6. The van der Waals surface area contributed by atoms with Gasteiger partial charge in [-0.05, 0) is 77.0 Å². The summed E-state index contributed by atoms with van der Waals surface area (Å²) in [5.74, 6) is -0.491. The molecule has 0 bridgehead atoms. The molecule has 0 spiro atoms. The summed E-state index contributed by atoms with van der Waals surface area (Å²) in [5, 5.41) is 23.7. The molecule has 0 aromatic rings. The van der Waals surface area contributed by atoms with E-state index < -0.39 is 18.2 Å². The lowest BCUT2D eigenvalue weighted by molar-refractivity contribution is -0.151. The molecule has 3 atom stereocenters. The molecule has 0 aromatic carbocycles. The van der Waals surface area contributed by atoms with Gasteiger partial charge in [-0.15, -0.1) is 0 Å². The number of allylic oxidation sites excluding steroid dienone is 4. The Morgan fingerprint density at radius 2 is 0.828 bits per heavy atom. The normalized spacial score (nSPS) is 13.4. The second-order valence-corrected chi connectivity index (χ2v) is 17.6. The molecule has 342 valence electrons. The van der Waals surface area contributed by atoms with Gasteiger partial charge in [0.2, 0.25) is 5.91 Å². The highest BCUT2D eigenvalue weighted by Gasteiger charge is 2.24. The van der Waals surface area contributed by atoms with Crippen molar-refractivity contribution >= 4 is 11.9 Å². The standard InChI is InChI=1S/C52H99NO5/c1-4-7-10-13-16-19-22-24-25-27-29-31-34-37-40-43-48(58-52(57)45-42-39-36-33-30-26-23-20-17-14-11-8-5-2)46-51(56)53-49(47-54)50(55)44-41-38-35-32-28-21-18-15-12-9-6-3/h24-26,30,48-50,54-55H,4-23,27-29,31-47H2,1-3H3,(H,53,56)/b25-24+,30-26-. The fraction of sp³-hybridized carbons (Fsp3) is 0.885. The zero-order valence-corrected chi connectivity index (χ0v) is 38.9. The van der Waals surface area contributed by atoms with E-state index in [4.69, 9.17) is 4.74 Å². The van der Waals surface area contributed by atoms with Crippen molar-refractivity contribution in [3.63, 3.8) is 0 Å². The molecule has 1 amide bonds. The van der Waals surface area contributed by atoms with Gasteiger partial charge in [0.05, 0.1) is 25.2 Å². The fourth-order valence-electron chi connectivity index (χ4n) is 7.83. The zero-order chi connectivity index (χ0) is 42.4. The minimum absolute atomic E-state index is 0.0696. The Hall–Kier alpha value is -1.66. The maximum absolute atomic E-state index is 13.2. The first-order chi connectivity index (χ1) is 28.5. The molecule has 6 heteroatoms. The summed E-state index contributed by atoms with van der Waals surface area (Å²) in [6.07, 6.45) is 52.3. The second kappa shape index (κ2) is 46.4. The topological polar surface area (TPSA) is 95.9 Å². The van der Waals surface area contributed by atoms with E-state index in [0.717, 1.165) is 70.6 Å². The number of aliphatic hydroxyl groups is 2. The highest BCUT2D eigenvalue weighted by Crippen LogP contribution is 2.18. The lowest BCUT2D eigenvalue weighted by Gasteiger charge is -2.24. The average Bonchev–Trinajstić information content (AvgIpc) is 3.22.